The monoisotopic (exact) mass is 266 g/mol. The Balaban J connectivity index is 2.97. The normalized spacial score (nSPS) is 11.7. The van der Waals surface area contributed by atoms with Crippen molar-refractivity contribution in [3.8, 4) is 11.8 Å². The summed E-state index contributed by atoms with van der Waals surface area (Å²) >= 11 is 5.81. The third kappa shape index (κ3) is 3.38. The number of phenols is 1. The molecule has 1 N–H and O–H groups in total. The van der Waals surface area contributed by atoms with Gasteiger partial charge >= 0.3 is 0 Å². The first-order chi connectivity index (χ1) is 8.49. The van der Waals surface area contributed by atoms with Crippen molar-refractivity contribution in [1.29, 1.82) is 5.26 Å². The maximum atomic E-state index is 12.2. The summed E-state index contributed by atoms with van der Waals surface area (Å²) in [6.07, 6.45) is 0. The molecule has 0 bridgehead atoms. The third-order valence-corrected chi connectivity index (χ3v) is 2.81. The number of hydrogen-bond acceptors (Lipinski definition) is 3. The zero-order valence-corrected chi connectivity index (χ0v) is 11.1. The first-order valence-corrected chi connectivity index (χ1v) is 6.04. The molecule has 1 rings (SSSR count). The standard InChI is InChI=1S/C13H15ClN2O2/c1-3-16(8-9(2)7-15)13(18)11-6-10(14)4-5-12(11)17/h4-6,9,17H,3,8H2,1-2H3. The maximum absolute atomic E-state index is 12.2. The Kier molecular flexibility index (Phi) is 4.99. The lowest BCUT2D eigenvalue weighted by Gasteiger charge is -2.22. The number of phenolic OH excluding ortho intramolecular Hbond substituents is 1. The molecule has 0 fully saturated rings. The van der Waals surface area contributed by atoms with E-state index in [0.717, 1.165) is 0 Å². The summed E-state index contributed by atoms with van der Waals surface area (Å²) in [6.45, 7) is 4.37. The quantitative estimate of drug-likeness (QED) is 0.911. The molecule has 0 saturated heterocycles. The van der Waals surface area contributed by atoms with Crippen molar-refractivity contribution < 1.29 is 9.90 Å². The van der Waals surface area contributed by atoms with Gasteiger partial charge in [0.05, 0.1) is 17.6 Å². The van der Waals surface area contributed by atoms with Crippen molar-refractivity contribution in [3.05, 3.63) is 28.8 Å². The van der Waals surface area contributed by atoms with Crippen molar-refractivity contribution in [2.75, 3.05) is 13.1 Å². The van der Waals surface area contributed by atoms with Crippen LogP contribution in [0.25, 0.3) is 0 Å². The molecule has 4 nitrogen and oxygen atoms in total. The minimum absolute atomic E-state index is 0.104. The molecule has 0 saturated carbocycles. The number of halogens is 1. The Morgan fingerprint density at radius 3 is 2.83 bits per heavy atom. The van der Waals surface area contributed by atoms with Crippen LogP contribution in [0, 0.1) is 17.2 Å². The van der Waals surface area contributed by atoms with Crippen LogP contribution in [0.3, 0.4) is 0 Å². The van der Waals surface area contributed by atoms with Crippen molar-refractivity contribution in [1.82, 2.24) is 4.90 Å². The van der Waals surface area contributed by atoms with Gasteiger partial charge in [-0.3, -0.25) is 4.79 Å². The van der Waals surface area contributed by atoms with E-state index in [1.54, 1.807) is 6.92 Å². The number of aromatic hydroxyl groups is 1. The van der Waals surface area contributed by atoms with Crippen LogP contribution in [0.2, 0.25) is 5.02 Å². The second-order valence-electron chi connectivity index (χ2n) is 4.04. The predicted molar refractivity (Wildman–Crippen MR) is 69.5 cm³/mol. The minimum atomic E-state index is -0.320. The number of benzene rings is 1. The van der Waals surface area contributed by atoms with Crippen LogP contribution >= 0.6 is 11.6 Å². The lowest BCUT2D eigenvalue weighted by Crippen LogP contribution is -2.34. The van der Waals surface area contributed by atoms with Gasteiger partial charge in [-0.1, -0.05) is 11.6 Å². The largest absolute Gasteiger partial charge is 0.507 e. The lowest BCUT2D eigenvalue weighted by molar-refractivity contribution is 0.0749. The van der Waals surface area contributed by atoms with Crippen LogP contribution in [0.15, 0.2) is 18.2 Å². The summed E-state index contributed by atoms with van der Waals surface area (Å²) in [7, 11) is 0. The highest BCUT2D eigenvalue weighted by Gasteiger charge is 2.19. The average molecular weight is 267 g/mol. The molecule has 0 aliphatic heterocycles. The summed E-state index contributed by atoms with van der Waals surface area (Å²) in [5.41, 5.74) is 0.162. The summed E-state index contributed by atoms with van der Waals surface area (Å²) in [5.74, 6) is -0.678. The van der Waals surface area contributed by atoms with E-state index >= 15 is 0 Å². The van der Waals surface area contributed by atoms with Gasteiger partial charge < -0.3 is 10.0 Å². The van der Waals surface area contributed by atoms with Crippen molar-refractivity contribution >= 4 is 17.5 Å². The van der Waals surface area contributed by atoms with Gasteiger partial charge in [0.25, 0.3) is 5.91 Å². The van der Waals surface area contributed by atoms with Crippen molar-refractivity contribution in [3.63, 3.8) is 0 Å². The van der Waals surface area contributed by atoms with Gasteiger partial charge in [0.1, 0.15) is 5.75 Å². The summed E-state index contributed by atoms with van der Waals surface area (Å²) in [6, 6.07) is 6.41. The molecule has 1 aromatic rings. The Morgan fingerprint density at radius 1 is 1.61 bits per heavy atom. The Hall–Kier alpha value is -1.73. The highest BCUT2D eigenvalue weighted by molar-refractivity contribution is 6.31. The Morgan fingerprint density at radius 2 is 2.28 bits per heavy atom. The van der Waals surface area contributed by atoms with Crippen LogP contribution in [0.4, 0.5) is 0 Å². The van der Waals surface area contributed by atoms with Crippen molar-refractivity contribution in [2.45, 2.75) is 13.8 Å². The van der Waals surface area contributed by atoms with Gasteiger partial charge in [-0.2, -0.15) is 5.26 Å². The number of carbonyl (C=O) groups excluding carboxylic acids is 1. The van der Waals surface area contributed by atoms with E-state index in [9.17, 15) is 9.90 Å². The van der Waals surface area contributed by atoms with E-state index in [2.05, 4.69) is 6.07 Å². The van der Waals surface area contributed by atoms with Gasteiger partial charge in [-0.15, -0.1) is 0 Å². The van der Waals surface area contributed by atoms with Gasteiger partial charge in [0.15, 0.2) is 0 Å². The Labute approximate surface area is 111 Å². The van der Waals surface area contributed by atoms with Gasteiger partial charge in [0, 0.05) is 18.1 Å². The second-order valence-corrected chi connectivity index (χ2v) is 4.47. The fourth-order valence-corrected chi connectivity index (χ4v) is 1.75. The number of amides is 1. The predicted octanol–water partition coefficient (Wildman–Crippen LogP) is 2.67. The molecule has 0 radical (unpaired) electrons. The van der Waals surface area contributed by atoms with Crippen LogP contribution in [-0.4, -0.2) is 29.0 Å². The van der Waals surface area contributed by atoms with Crippen LogP contribution in [-0.2, 0) is 0 Å². The summed E-state index contributed by atoms with van der Waals surface area (Å²) in [4.78, 5) is 13.7. The van der Waals surface area contributed by atoms with Crippen LogP contribution in [0.1, 0.15) is 24.2 Å². The van der Waals surface area contributed by atoms with Gasteiger partial charge in [-0.05, 0) is 32.0 Å². The molecule has 0 aliphatic carbocycles. The molecule has 1 atom stereocenters. The molecule has 5 heteroatoms. The maximum Gasteiger partial charge on any atom is 0.257 e. The van der Waals surface area contributed by atoms with Gasteiger partial charge in [-0.25, -0.2) is 0 Å². The second kappa shape index (κ2) is 6.27. The van der Waals surface area contributed by atoms with E-state index in [1.165, 1.54) is 23.1 Å². The van der Waals surface area contributed by atoms with E-state index in [1.807, 2.05) is 6.92 Å². The first-order valence-electron chi connectivity index (χ1n) is 5.67. The highest BCUT2D eigenvalue weighted by Crippen LogP contribution is 2.23. The lowest BCUT2D eigenvalue weighted by atomic mass is 10.1. The zero-order valence-electron chi connectivity index (χ0n) is 10.4. The molecule has 18 heavy (non-hydrogen) atoms. The summed E-state index contributed by atoms with van der Waals surface area (Å²) in [5, 5.41) is 18.8. The third-order valence-electron chi connectivity index (χ3n) is 2.57. The van der Waals surface area contributed by atoms with E-state index in [-0.39, 0.29) is 23.1 Å². The topological polar surface area (TPSA) is 64.3 Å². The molecule has 0 aromatic heterocycles. The zero-order chi connectivity index (χ0) is 13.7. The molecule has 1 aromatic carbocycles. The van der Waals surface area contributed by atoms with Crippen LogP contribution < -0.4 is 0 Å². The Bertz CT molecular complexity index is 482. The van der Waals surface area contributed by atoms with E-state index < -0.39 is 0 Å². The first kappa shape index (κ1) is 14.3. The number of rotatable bonds is 4. The molecule has 1 amide bonds. The molecular weight excluding hydrogens is 252 g/mol. The fraction of sp³-hybridized carbons (Fsp3) is 0.385. The number of carbonyl (C=O) groups is 1. The molecule has 0 heterocycles. The van der Waals surface area contributed by atoms with E-state index in [4.69, 9.17) is 16.9 Å². The van der Waals surface area contributed by atoms with E-state index in [0.29, 0.717) is 18.1 Å². The molecular formula is C13H15ClN2O2. The fourth-order valence-electron chi connectivity index (χ4n) is 1.58. The summed E-state index contributed by atoms with van der Waals surface area (Å²) < 4.78 is 0. The van der Waals surface area contributed by atoms with Crippen LogP contribution in [0.5, 0.6) is 5.75 Å². The molecule has 0 aliphatic rings. The number of nitriles is 1. The highest BCUT2D eigenvalue weighted by atomic mass is 35.5. The molecule has 96 valence electrons. The average Bonchev–Trinajstić information content (AvgIpc) is 2.37. The number of hydrogen-bond donors (Lipinski definition) is 1. The minimum Gasteiger partial charge on any atom is -0.507 e. The molecule has 1 unspecified atom stereocenters. The SMILES string of the molecule is CCN(CC(C)C#N)C(=O)c1cc(Cl)ccc1O. The smallest absolute Gasteiger partial charge is 0.257 e. The number of nitrogens with zero attached hydrogens (tertiary/aromatic N) is 2. The van der Waals surface area contributed by atoms with Gasteiger partial charge in [0.2, 0.25) is 0 Å². The van der Waals surface area contributed by atoms with Crippen molar-refractivity contribution in [2.24, 2.45) is 5.92 Å². The molecule has 0 spiro atoms.